The van der Waals surface area contributed by atoms with Gasteiger partial charge in [0, 0.05) is 24.4 Å². The average molecular weight is 365 g/mol. The second kappa shape index (κ2) is 7.40. The van der Waals surface area contributed by atoms with Crippen LogP contribution in [-0.4, -0.2) is 50.4 Å². The summed E-state index contributed by atoms with van der Waals surface area (Å²) in [6.07, 6.45) is 0.388. The molecule has 0 radical (unpaired) electrons. The van der Waals surface area contributed by atoms with Crippen LogP contribution in [0.25, 0.3) is 0 Å². The largest absolute Gasteiger partial charge is 0.492 e. The molecule has 0 spiro atoms. The molecule has 0 aliphatic carbocycles. The molecule has 0 fully saturated rings. The van der Waals surface area contributed by atoms with Crippen LogP contribution in [0.5, 0.6) is 11.5 Å². The van der Waals surface area contributed by atoms with Gasteiger partial charge in [-0.1, -0.05) is 18.2 Å². The molecular weight excluding hydrogens is 342 g/mol. The minimum absolute atomic E-state index is 0.0135. The first kappa shape index (κ1) is 17.5. The van der Waals surface area contributed by atoms with E-state index in [4.69, 9.17) is 14.6 Å². The van der Waals surface area contributed by atoms with Crippen molar-refractivity contribution >= 4 is 17.3 Å². The molecule has 140 valence electrons. The number of likely N-dealkylation sites (N-methyl/N-ethyl adjacent to an activating group) is 1. The average Bonchev–Trinajstić information content (AvgIpc) is 2.67. The predicted molar refractivity (Wildman–Crippen MR) is 105 cm³/mol. The molecule has 6 heteroatoms. The fourth-order valence-electron chi connectivity index (χ4n) is 3.28. The van der Waals surface area contributed by atoms with Gasteiger partial charge in [0.2, 0.25) is 5.91 Å². The van der Waals surface area contributed by atoms with Crippen molar-refractivity contribution in [2.75, 3.05) is 38.9 Å². The SMILES string of the molecule is CN(C)CCOc1ccc2c(c1)C1=NN(c3ccccc3)C(=O)CC1CO2. The Balaban J connectivity index is 1.65. The molecule has 2 aliphatic rings. The highest BCUT2D eigenvalue weighted by Gasteiger charge is 2.35. The number of carbonyl (C=O) groups excluding carboxylic acids is 1. The lowest BCUT2D eigenvalue weighted by Crippen LogP contribution is -2.41. The van der Waals surface area contributed by atoms with Crippen molar-refractivity contribution < 1.29 is 14.3 Å². The summed E-state index contributed by atoms with van der Waals surface area (Å²) >= 11 is 0. The predicted octanol–water partition coefficient (Wildman–Crippen LogP) is 2.78. The highest BCUT2D eigenvalue weighted by Crippen LogP contribution is 2.35. The van der Waals surface area contributed by atoms with Crippen LogP contribution >= 0.6 is 0 Å². The van der Waals surface area contributed by atoms with Gasteiger partial charge < -0.3 is 14.4 Å². The van der Waals surface area contributed by atoms with Crippen LogP contribution in [0.3, 0.4) is 0 Å². The summed E-state index contributed by atoms with van der Waals surface area (Å²) in [7, 11) is 4.03. The minimum atomic E-state index is -0.0259. The van der Waals surface area contributed by atoms with E-state index < -0.39 is 0 Å². The molecule has 0 N–H and O–H groups in total. The molecule has 2 aliphatic heterocycles. The number of ether oxygens (including phenoxy) is 2. The molecule has 1 atom stereocenters. The molecular formula is C21H23N3O3. The normalized spacial score (nSPS) is 18.5. The first-order chi connectivity index (χ1) is 13.1. The van der Waals surface area contributed by atoms with Crippen molar-refractivity contribution in [2.45, 2.75) is 6.42 Å². The third kappa shape index (κ3) is 3.66. The zero-order valence-corrected chi connectivity index (χ0v) is 15.6. The second-order valence-corrected chi connectivity index (χ2v) is 7.05. The topological polar surface area (TPSA) is 54.4 Å². The van der Waals surface area contributed by atoms with Gasteiger partial charge >= 0.3 is 0 Å². The van der Waals surface area contributed by atoms with Crippen LogP contribution < -0.4 is 14.5 Å². The Morgan fingerprint density at radius 2 is 2.04 bits per heavy atom. The molecule has 0 saturated heterocycles. The Morgan fingerprint density at radius 3 is 2.81 bits per heavy atom. The van der Waals surface area contributed by atoms with Gasteiger partial charge in [0.05, 0.1) is 18.0 Å². The van der Waals surface area contributed by atoms with Gasteiger partial charge in [-0.05, 0) is 44.4 Å². The maximum absolute atomic E-state index is 12.6. The van der Waals surface area contributed by atoms with Crippen molar-refractivity contribution in [3.05, 3.63) is 54.1 Å². The Labute approximate surface area is 159 Å². The third-order valence-electron chi connectivity index (χ3n) is 4.73. The molecule has 0 saturated carbocycles. The van der Waals surface area contributed by atoms with Crippen molar-refractivity contribution in [3.8, 4) is 11.5 Å². The third-order valence-corrected chi connectivity index (χ3v) is 4.73. The van der Waals surface area contributed by atoms with E-state index in [2.05, 4.69) is 4.90 Å². The van der Waals surface area contributed by atoms with Crippen LogP contribution in [0.1, 0.15) is 12.0 Å². The molecule has 6 nitrogen and oxygen atoms in total. The molecule has 2 aromatic carbocycles. The van der Waals surface area contributed by atoms with E-state index in [1.807, 2.05) is 62.6 Å². The van der Waals surface area contributed by atoms with Crippen LogP contribution in [0.15, 0.2) is 53.6 Å². The fourth-order valence-corrected chi connectivity index (χ4v) is 3.28. The van der Waals surface area contributed by atoms with E-state index in [0.717, 1.165) is 35.0 Å². The molecule has 0 aromatic heterocycles. The van der Waals surface area contributed by atoms with E-state index in [1.165, 1.54) is 5.01 Å². The zero-order chi connectivity index (χ0) is 18.8. The number of hydrazone groups is 1. The molecule has 2 aromatic rings. The van der Waals surface area contributed by atoms with Crippen LogP contribution in [-0.2, 0) is 4.79 Å². The van der Waals surface area contributed by atoms with E-state index in [1.54, 1.807) is 0 Å². The van der Waals surface area contributed by atoms with Crippen molar-refractivity contribution in [1.29, 1.82) is 0 Å². The van der Waals surface area contributed by atoms with Crippen molar-refractivity contribution in [3.63, 3.8) is 0 Å². The number of fused-ring (bicyclic) bond motifs is 3. The summed E-state index contributed by atoms with van der Waals surface area (Å²) in [6, 6.07) is 15.3. The Hall–Kier alpha value is -2.86. The van der Waals surface area contributed by atoms with Crippen LogP contribution in [0.2, 0.25) is 0 Å². The quantitative estimate of drug-likeness (QED) is 0.818. The molecule has 4 rings (SSSR count). The van der Waals surface area contributed by atoms with Gasteiger partial charge in [-0.15, -0.1) is 0 Å². The first-order valence-corrected chi connectivity index (χ1v) is 9.13. The summed E-state index contributed by atoms with van der Waals surface area (Å²) in [5.41, 5.74) is 2.57. The number of amides is 1. The Bertz CT molecular complexity index is 864. The van der Waals surface area contributed by atoms with Crippen molar-refractivity contribution in [1.82, 2.24) is 4.90 Å². The number of para-hydroxylation sites is 1. The minimum Gasteiger partial charge on any atom is -0.492 e. The molecule has 0 bridgehead atoms. The maximum atomic E-state index is 12.6. The first-order valence-electron chi connectivity index (χ1n) is 9.13. The van der Waals surface area contributed by atoms with Gasteiger partial charge in [0.25, 0.3) is 0 Å². The lowest BCUT2D eigenvalue weighted by molar-refractivity contribution is -0.119. The standard InChI is InChI=1S/C21H23N3O3/c1-23(2)10-11-26-17-8-9-19-18(13-17)21-15(14-27-19)12-20(25)24(22-21)16-6-4-3-5-7-16/h3-9,13,15H,10-12,14H2,1-2H3. The number of rotatable bonds is 5. The van der Waals surface area contributed by atoms with E-state index >= 15 is 0 Å². The van der Waals surface area contributed by atoms with E-state index in [-0.39, 0.29) is 11.8 Å². The van der Waals surface area contributed by atoms with Crippen LogP contribution in [0, 0.1) is 5.92 Å². The number of benzene rings is 2. The van der Waals surface area contributed by atoms with Gasteiger partial charge in [-0.25, -0.2) is 5.01 Å². The molecule has 27 heavy (non-hydrogen) atoms. The van der Waals surface area contributed by atoms with Gasteiger partial charge in [0.15, 0.2) is 0 Å². The lowest BCUT2D eigenvalue weighted by Gasteiger charge is -2.33. The highest BCUT2D eigenvalue weighted by molar-refractivity contribution is 6.12. The number of nitrogens with zero attached hydrogens (tertiary/aromatic N) is 3. The lowest BCUT2D eigenvalue weighted by atomic mass is 9.90. The summed E-state index contributed by atoms with van der Waals surface area (Å²) in [5.74, 6) is 1.53. The number of anilines is 1. The molecule has 1 unspecified atom stereocenters. The Morgan fingerprint density at radius 1 is 1.22 bits per heavy atom. The number of carbonyl (C=O) groups is 1. The summed E-state index contributed by atoms with van der Waals surface area (Å²) < 4.78 is 11.7. The molecule has 1 amide bonds. The van der Waals surface area contributed by atoms with E-state index in [0.29, 0.717) is 19.6 Å². The Kier molecular flexibility index (Phi) is 4.81. The second-order valence-electron chi connectivity index (χ2n) is 7.05. The monoisotopic (exact) mass is 365 g/mol. The fraction of sp³-hybridized carbons (Fsp3) is 0.333. The number of hydrogen-bond donors (Lipinski definition) is 0. The highest BCUT2D eigenvalue weighted by atomic mass is 16.5. The molecule has 2 heterocycles. The van der Waals surface area contributed by atoms with Gasteiger partial charge in [0.1, 0.15) is 18.1 Å². The van der Waals surface area contributed by atoms with Gasteiger partial charge in [-0.2, -0.15) is 5.10 Å². The zero-order valence-electron chi connectivity index (χ0n) is 15.6. The summed E-state index contributed by atoms with van der Waals surface area (Å²) in [6.45, 7) is 1.92. The summed E-state index contributed by atoms with van der Waals surface area (Å²) in [5, 5.41) is 6.20. The smallest absolute Gasteiger partial charge is 0.248 e. The van der Waals surface area contributed by atoms with Gasteiger partial charge in [-0.3, -0.25) is 4.79 Å². The number of hydrogen-bond acceptors (Lipinski definition) is 5. The summed E-state index contributed by atoms with van der Waals surface area (Å²) in [4.78, 5) is 14.6. The van der Waals surface area contributed by atoms with Crippen molar-refractivity contribution in [2.24, 2.45) is 11.0 Å². The van der Waals surface area contributed by atoms with Crippen LogP contribution in [0.4, 0.5) is 5.69 Å². The van der Waals surface area contributed by atoms with E-state index in [9.17, 15) is 4.79 Å². The maximum Gasteiger partial charge on any atom is 0.248 e.